The molecule has 5 heteroatoms. The average molecular weight is 277 g/mol. The summed E-state index contributed by atoms with van der Waals surface area (Å²) in [7, 11) is 0. The minimum atomic E-state index is 0.0380. The van der Waals surface area contributed by atoms with E-state index < -0.39 is 0 Å². The molecule has 0 aromatic carbocycles. The molecule has 2 atom stereocenters. The SMILES string of the molecule is CCNc1ccncc1C(=O)N1CC(C)OCC1CC. The number of aromatic nitrogens is 1. The summed E-state index contributed by atoms with van der Waals surface area (Å²) in [5, 5.41) is 3.22. The Labute approximate surface area is 120 Å². The molecule has 1 aliphatic heterocycles. The predicted molar refractivity (Wildman–Crippen MR) is 78.9 cm³/mol. The van der Waals surface area contributed by atoms with Crippen LogP contribution in [0.3, 0.4) is 0 Å². The number of anilines is 1. The molecule has 0 bridgehead atoms. The molecule has 5 nitrogen and oxygen atoms in total. The molecule has 1 N–H and O–H groups in total. The molecule has 0 saturated carbocycles. The third-order valence-corrected chi connectivity index (χ3v) is 3.62. The van der Waals surface area contributed by atoms with Crippen molar-refractivity contribution in [3.8, 4) is 0 Å². The van der Waals surface area contributed by atoms with Crippen LogP contribution in [0.2, 0.25) is 0 Å². The fraction of sp³-hybridized carbons (Fsp3) is 0.600. The van der Waals surface area contributed by atoms with Crippen molar-refractivity contribution in [1.82, 2.24) is 9.88 Å². The summed E-state index contributed by atoms with van der Waals surface area (Å²) in [6.07, 6.45) is 4.33. The highest BCUT2D eigenvalue weighted by Gasteiger charge is 2.31. The maximum atomic E-state index is 12.8. The van der Waals surface area contributed by atoms with Crippen molar-refractivity contribution in [2.24, 2.45) is 0 Å². The quantitative estimate of drug-likeness (QED) is 0.916. The molecule has 1 saturated heterocycles. The fourth-order valence-electron chi connectivity index (χ4n) is 2.50. The van der Waals surface area contributed by atoms with Gasteiger partial charge in [0.05, 0.1) is 30.0 Å². The first-order valence-corrected chi connectivity index (χ1v) is 7.27. The predicted octanol–water partition coefficient (Wildman–Crippen LogP) is 2.15. The lowest BCUT2D eigenvalue weighted by Crippen LogP contribution is -2.51. The minimum absolute atomic E-state index is 0.0380. The standard InChI is InChI=1S/C15H23N3O2/c1-4-12-10-20-11(3)9-18(12)15(19)13-8-16-7-6-14(13)17-5-2/h6-8,11-12H,4-5,9-10H2,1-3H3,(H,16,17). The third-order valence-electron chi connectivity index (χ3n) is 3.62. The number of carbonyl (C=O) groups excluding carboxylic acids is 1. The first-order chi connectivity index (χ1) is 9.67. The lowest BCUT2D eigenvalue weighted by atomic mass is 10.1. The highest BCUT2D eigenvalue weighted by molar-refractivity contribution is 5.99. The number of hydrogen-bond donors (Lipinski definition) is 1. The van der Waals surface area contributed by atoms with E-state index in [1.807, 2.05) is 24.8 Å². The van der Waals surface area contributed by atoms with E-state index in [2.05, 4.69) is 17.2 Å². The van der Waals surface area contributed by atoms with Crippen LogP contribution in [0.1, 0.15) is 37.6 Å². The van der Waals surface area contributed by atoms with Crippen molar-refractivity contribution >= 4 is 11.6 Å². The number of rotatable bonds is 4. The topological polar surface area (TPSA) is 54.5 Å². The maximum absolute atomic E-state index is 12.8. The van der Waals surface area contributed by atoms with Crippen LogP contribution in [0.25, 0.3) is 0 Å². The smallest absolute Gasteiger partial charge is 0.257 e. The molecule has 0 spiro atoms. The molecule has 110 valence electrons. The van der Waals surface area contributed by atoms with Gasteiger partial charge >= 0.3 is 0 Å². The molecule has 0 aliphatic carbocycles. The van der Waals surface area contributed by atoms with Crippen LogP contribution in [0.15, 0.2) is 18.5 Å². The molecule has 1 aromatic rings. The number of pyridine rings is 1. The van der Waals surface area contributed by atoms with E-state index in [9.17, 15) is 4.79 Å². The van der Waals surface area contributed by atoms with Crippen molar-refractivity contribution in [2.75, 3.05) is 25.0 Å². The molecule has 1 amide bonds. The summed E-state index contributed by atoms with van der Waals surface area (Å²) in [5.41, 5.74) is 1.49. The van der Waals surface area contributed by atoms with E-state index in [-0.39, 0.29) is 18.1 Å². The van der Waals surface area contributed by atoms with Crippen molar-refractivity contribution in [3.63, 3.8) is 0 Å². The van der Waals surface area contributed by atoms with E-state index in [0.29, 0.717) is 18.7 Å². The summed E-state index contributed by atoms with van der Waals surface area (Å²) >= 11 is 0. The van der Waals surface area contributed by atoms with Gasteiger partial charge in [-0.15, -0.1) is 0 Å². The molecule has 0 radical (unpaired) electrons. The Bertz CT molecular complexity index is 464. The minimum Gasteiger partial charge on any atom is -0.385 e. The molecule has 1 aliphatic rings. The zero-order valence-corrected chi connectivity index (χ0v) is 12.4. The number of hydrogen-bond acceptors (Lipinski definition) is 4. The van der Waals surface area contributed by atoms with Crippen molar-refractivity contribution in [2.45, 2.75) is 39.3 Å². The number of carbonyl (C=O) groups is 1. The van der Waals surface area contributed by atoms with Crippen LogP contribution in [-0.2, 0) is 4.74 Å². The molecule has 1 fully saturated rings. The highest BCUT2D eigenvalue weighted by atomic mass is 16.5. The Morgan fingerprint density at radius 2 is 2.35 bits per heavy atom. The van der Waals surface area contributed by atoms with Gasteiger partial charge in [-0.05, 0) is 26.3 Å². The Hall–Kier alpha value is -1.62. The van der Waals surface area contributed by atoms with E-state index in [1.165, 1.54) is 0 Å². The second-order valence-corrected chi connectivity index (χ2v) is 5.12. The Morgan fingerprint density at radius 1 is 1.55 bits per heavy atom. The van der Waals surface area contributed by atoms with Crippen LogP contribution in [0.4, 0.5) is 5.69 Å². The van der Waals surface area contributed by atoms with Crippen LogP contribution >= 0.6 is 0 Å². The summed E-state index contributed by atoms with van der Waals surface area (Å²) in [5.74, 6) is 0.0380. The zero-order chi connectivity index (χ0) is 14.5. The molecule has 2 heterocycles. The van der Waals surface area contributed by atoms with Crippen LogP contribution in [-0.4, -0.2) is 47.6 Å². The van der Waals surface area contributed by atoms with Crippen molar-refractivity contribution in [1.29, 1.82) is 0 Å². The van der Waals surface area contributed by atoms with Gasteiger partial charge in [0.2, 0.25) is 0 Å². The van der Waals surface area contributed by atoms with Crippen LogP contribution in [0.5, 0.6) is 0 Å². The van der Waals surface area contributed by atoms with Gasteiger partial charge in [-0.25, -0.2) is 0 Å². The van der Waals surface area contributed by atoms with Crippen molar-refractivity contribution in [3.05, 3.63) is 24.0 Å². The Morgan fingerprint density at radius 3 is 3.05 bits per heavy atom. The molecule has 2 rings (SSSR count). The highest BCUT2D eigenvalue weighted by Crippen LogP contribution is 2.21. The lowest BCUT2D eigenvalue weighted by Gasteiger charge is -2.38. The van der Waals surface area contributed by atoms with Gasteiger partial charge in [-0.1, -0.05) is 6.92 Å². The second kappa shape index (κ2) is 6.70. The molecule has 2 unspecified atom stereocenters. The summed E-state index contributed by atoms with van der Waals surface area (Å²) < 4.78 is 5.65. The lowest BCUT2D eigenvalue weighted by molar-refractivity contribution is -0.0443. The first kappa shape index (κ1) is 14.8. The monoisotopic (exact) mass is 277 g/mol. The summed E-state index contributed by atoms with van der Waals surface area (Å²) in [4.78, 5) is 18.8. The normalized spacial score (nSPS) is 22.6. The number of nitrogens with zero attached hydrogens (tertiary/aromatic N) is 2. The molecular formula is C15H23N3O2. The maximum Gasteiger partial charge on any atom is 0.257 e. The largest absolute Gasteiger partial charge is 0.385 e. The molecular weight excluding hydrogens is 254 g/mol. The van der Waals surface area contributed by atoms with Gasteiger partial charge in [0.15, 0.2) is 0 Å². The van der Waals surface area contributed by atoms with E-state index >= 15 is 0 Å². The Balaban J connectivity index is 2.24. The van der Waals surface area contributed by atoms with E-state index in [0.717, 1.165) is 18.7 Å². The van der Waals surface area contributed by atoms with Gasteiger partial charge in [0.1, 0.15) is 0 Å². The summed E-state index contributed by atoms with van der Waals surface area (Å²) in [6.45, 7) is 8.12. The van der Waals surface area contributed by atoms with Crippen molar-refractivity contribution < 1.29 is 9.53 Å². The van der Waals surface area contributed by atoms with Gasteiger partial charge in [-0.2, -0.15) is 0 Å². The van der Waals surface area contributed by atoms with E-state index in [4.69, 9.17) is 4.74 Å². The first-order valence-electron chi connectivity index (χ1n) is 7.27. The fourth-order valence-corrected chi connectivity index (χ4v) is 2.50. The zero-order valence-electron chi connectivity index (χ0n) is 12.4. The summed E-state index contributed by atoms with van der Waals surface area (Å²) in [6, 6.07) is 2.00. The Kier molecular flexibility index (Phi) is 4.95. The van der Waals surface area contributed by atoms with Gasteiger partial charge < -0.3 is 15.0 Å². The number of ether oxygens (including phenoxy) is 1. The number of nitrogens with one attached hydrogen (secondary N) is 1. The molecule has 20 heavy (non-hydrogen) atoms. The van der Waals surface area contributed by atoms with E-state index in [1.54, 1.807) is 12.4 Å². The van der Waals surface area contributed by atoms with Crippen LogP contribution < -0.4 is 5.32 Å². The van der Waals surface area contributed by atoms with Crippen LogP contribution in [0, 0.1) is 0 Å². The second-order valence-electron chi connectivity index (χ2n) is 5.12. The molecule has 1 aromatic heterocycles. The number of amides is 1. The van der Waals surface area contributed by atoms with Gasteiger partial charge in [0, 0.05) is 25.5 Å². The third kappa shape index (κ3) is 3.10. The van der Waals surface area contributed by atoms with Gasteiger partial charge in [-0.3, -0.25) is 9.78 Å². The average Bonchev–Trinajstić information content (AvgIpc) is 2.47. The number of morpholine rings is 1. The van der Waals surface area contributed by atoms with Gasteiger partial charge in [0.25, 0.3) is 5.91 Å².